The standard InChI is InChI=1S/C6H7ClN2O2/c1-4(10)11-5-3-8-9(2)6(5)7/h3H,1-2H3. The number of nitrogens with zero attached hydrogens (tertiary/aromatic N) is 2. The van der Waals surface area contributed by atoms with E-state index in [0.29, 0.717) is 10.9 Å². The maximum absolute atomic E-state index is 10.5. The van der Waals surface area contributed by atoms with Crippen LogP contribution in [0.5, 0.6) is 5.75 Å². The summed E-state index contributed by atoms with van der Waals surface area (Å²) in [6, 6.07) is 0. The van der Waals surface area contributed by atoms with Crippen molar-refractivity contribution in [1.29, 1.82) is 0 Å². The van der Waals surface area contributed by atoms with Crippen molar-refractivity contribution in [2.75, 3.05) is 0 Å². The number of carbonyl (C=O) groups is 1. The summed E-state index contributed by atoms with van der Waals surface area (Å²) in [6.45, 7) is 1.31. The number of hydrogen-bond acceptors (Lipinski definition) is 3. The topological polar surface area (TPSA) is 44.1 Å². The van der Waals surface area contributed by atoms with Gasteiger partial charge in [0.25, 0.3) is 0 Å². The Morgan fingerprint density at radius 3 is 2.82 bits per heavy atom. The Labute approximate surface area is 68.7 Å². The van der Waals surface area contributed by atoms with Crippen LogP contribution in [0.3, 0.4) is 0 Å². The Bertz CT molecular complexity index is 282. The Kier molecular flexibility index (Phi) is 2.14. The summed E-state index contributed by atoms with van der Waals surface area (Å²) in [7, 11) is 1.66. The van der Waals surface area contributed by atoms with Crippen LogP contribution < -0.4 is 4.74 Å². The lowest BCUT2D eigenvalue weighted by molar-refractivity contribution is -0.131. The van der Waals surface area contributed by atoms with Crippen LogP contribution in [0.25, 0.3) is 0 Å². The zero-order valence-corrected chi connectivity index (χ0v) is 6.92. The molecule has 0 amide bonds. The van der Waals surface area contributed by atoms with Crippen LogP contribution in [0, 0.1) is 0 Å². The third-order valence-electron chi connectivity index (χ3n) is 1.09. The van der Waals surface area contributed by atoms with Gasteiger partial charge in [-0.25, -0.2) is 0 Å². The second-order valence-electron chi connectivity index (χ2n) is 2.02. The summed E-state index contributed by atoms with van der Waals surface area (Å²) in [4.78, 5) is 10.5. The number of aromatic nitrogens is 2. The fourth-order valence-corrected chi connectivity index (χ4v) is 0.757. The minimum absolute atomic E-state index is 0.293. The summed E-state index contributed by atoms with van der Waals surface area (Å²) >= 11 is 5.68. The van der Waals surface area contributed by atoms with Gasteiger partial charge >= 0.3 is 5.97 Å². The van der Waals surface area contributed by atoms with Crippen molar-refractivity contribution < 1.29 is 9.53 Å². The van der Waals surface area contributed by atoms with Gasteiger partial charge in [-0.1, -0.05) is 11.6 Å². The van der Waals surface area contributed by atoms with E-state index in [9.17, 15) is 4.79 Å². The summed E-state index contributed by atoms with van der Waals surface area (Å²) in [5.74, 6) is -0.110. The molecule has 1 aromatic rings. The highest BCUT2D eigenvalue weighted by atomic mass is 35.5. The Balaban J connectivity index is 2.87. The first-order valence-corrected chi connectivity index (χ1v) is 3.35. The van der Waals surface area contributed by atoms with Gasteiger partial charge in [0.05, 0.1) is 6.20 Å². The van der Waals surface area contributed by atoms with Crippen LogP contribution >= 0.6 is 11.6 Å². The van der Waals surface area contributed by atoms with E-state index >= 15 is 0 Å². The molecule has 0 unspecified atom stereocenters. The molecule has 0 bridgehead atoms. The average Bonchev–Trinajstić information content (AvgIpc) is 2.18. The van der Waals surface area contributed by atoms with Crippen molar-refractivity contribution in [3.8, 4) is 5.75 Å². The van der Waals surface area contributed by atoms with Gasteiger partial charge in [0.1, 0.15) is 0 Å². The molecule has 60 valence electrons. The van der Waals surface area contributed by atoms with Gasteiger partial charge in [-0.05, 0) is 0 Å². The van der Waals surface area contributed by atoms with E-state index < -0.39 is 5.97 Å². The normalized spacial score (nSPS) is 9.73. The summed E-state index contributed by atoms with van der Waals surface area (Å²) in [5, 5.41) is 4.10. The third-order valence-corrected chi connectivity index (χ3v) is 1.52. The molecule has 0 spiro atoms. The minimum atomic E-state index is -0.403. The lowest BCUT2D eigenvalue weighted by Crippen LogP contribution is -2.01. The molecule has 0 aromatic carbocycles. The summed E-state index contributed by atoms with van der Waals surface area (Å²) in [5.41, 5.74) is 0. The number of hydrogen-bond donors (Lipinski definition) is 0. The molecule has 0 fully saturated rings. The largest absolute Gasteiger partial charge is 0.422 e. The van der Waals surface area contributed by atoms with E-state index in [1.807, 2.05) is 0 Å². The van der Waals surface area contributed by atoms with Crippen LogP contribution in [0.2, 0.25) is 5.15 Å². The number of halogens is 1. The van der Waals surface area contributed by atoms with Gasteiger partial charge in [0, 0.05) is 14.0 Å². The third kappa shape index (κ3) is 1.71. The van der Waals surface area contributed by atoms with Crippen molar-refractivity contribution in [3.05, 3.63) is 11.3 Å². The van der Waals surface area contributed by atoms with Gasteiger partial charge in [-0.2, -0.15) is 5.10 Å². The molecule has 1 heterocycles. The molecule has 1 rings (SSSR count). The summed E-state index contributed by atoms with van der Waals surface area (Å²) < 4.78 is 6.13. The smallest absolute Gasteiger partial charge is 0.308 e. The molecular weight excluding hydrogens is 168 g/mol. The molecule has 0 N–H and O–H groups in total. The van der Waals surface area contributed by atoms with E-state index in [4.69, 9.17) is 16.3 Å². The fraction of sp³-hybridized carbons (Fsp3) is 0.333. The molecular formula is C6H7ClN2O2. The number of aryl methyl sites for hydroxylation is 1. The highest BCUT2D eigenvalue weighted by molar-refractivity contribution is 6.31. The van der Waals surface area contributed by atoms with Gasteiger partial charge in [-0.3, -0.25) is 9.48 Å². The Hall–Kier alpha value is -1.03. The SMILES string of the molecule is CC(=O)Oc1cnn(C)c1Cl. The van der Waals surface area contributed by atoms with Crippen LogP contribution in [0.15, 0.2) is 6.20 Å². The van der Waals surface area contributed by atoms with Crippen LogP contribution in [0.1, 0.15) is 6.92 Å². The first kappa shape index (κ1) is 8.07. The molecule has 0 atom stereocenters. The number of ether oxygens (including phenoxy) is 1. The first-order chi connectivity index (χ1) is 5.11. The van der Waals surface area contributed by atoms with Crippen molar-refractivity contribution in [1.82, 2.24) is 9.78 Å². The average molecular weight is 175 g/mol. The predicted octanol–water partition coefficient (Wildman–Crippen LogP) is 0.999. The Morgan fingerprint density at radius 1 is 1.82 bits per heavy atom. The maximum Gasteiger partial charge on any atom is 0.308 e. The fourth-order valence-electron chi connectivity index (χ4n) is 0.626. The van der Waals surface area contributed by atoms with Gasteiger partial charge in [-0.15, -0.1) is 0 Å². The zero-order valence-electron chi connectivity index (χ0n) is 6.17. The van der Waals surface area contributed by atoms with E-state index in [1.165, 1.54) is 17.8 Å². The molecule has 0 aliphatic rings. The quantitative estimate of drug-likeness (QED) is 0.597. The van der Waals surface area contributed by atoms with Crippen LogP contribution in [-0.2, 0) is 11.8 Å². The van der Waals surface area contributed by atoms with Gasteiger partial charge in [0.15, 0.2) is 10.9 Å². The number of rotatable bonds is 1. The predicted molar refractivity (Wildman–Crippen MR) is 39.5 cm³/mol. The van der Waals surface area contributed by atoms with E-state index in [1.54, 1.807) is 7.05 Å². The second kappa shape index (κ2) is 2.92. The molecule has 0 radical (unpaired) electrons. The van der Waals surface area contributed by atoms with Crippen LogP contribution in [0.4, 0.5) is 0 Å². The van der Waals surface area contributed by atoms with Crippen LogP contribution in [-0.4, -0.2) is 15.7 Å². The minimum Gasteiger partial charge on any atom is -0.422 e. The molecule has 11 heavy (non-hydrogen) atoms. The maximum atomic E-state index is 10.5. The molecule has 0 aliphatic carbocycles. The molecule has 4 nitrogen and oxygen atoms in total. The highest BCUT2D eigenvalue weighted by Crippen LogP contribution is 2.22. The van der Waals surface area contributed by atoms with Gasteiger partial charge in [0.2, 0.25) is 0 Å². The van der Waals surface area contributed by atoms with Crippen molar-refractivity contribution >= 4 is 17.6 Å². The molecule has 0 saturated carbocycles. The van der Waals surface area contributed by atoms with Gasteiger partial charge < -0.3 is 4.74 Å². The highest BCUT2D eigenvalue weighted by Gasteiger charge is 2.07. The molecule has 0 aliphatic heterocycles. The Morgan fingerprint density at radius 2 is 2.45 bits per heavy atom. The zero-order chi connectivity index (χ0) is 8.43. The molecule has 0 saturated heterocycles. The molecule has 1 aromatic heterocycles. The lowest BCUT2D eigenvalue weighted by atomic mass is 10.6. The van der Waals surface area contributed by atoms with Crippen molar-refractivity contribution in [2.24, 2.45) is 7.05 Å². The first-order valence-electron chi connectivity index (χ1n) is 2.97. The number of carbonyl (C=O) groups excluding carboxylic acids is 1. The lowest BCUT2D eigenvalue weighted by Gasteiger charge is -1.96. The summed E-state index contributed by atoms with van der Waals surface area (Å²) in [6.07, 6.45) is 1.39. The van der Waals surface area contributed by atoms with Crippen molar-refractivity contribution in [3.63, 3.8) is 0 Å². The number of esters is 1. The van der Waals surface area contributed by atoms with E-state index in [2.05, 4.69) is 5.10 Å². The molecule has 5 heteroatoms. The monoisotopic (exact) mass is 174 g/mol. The van der Waals surface area contributed by atoms with Crippen molar-refractivity contribution in [2.45, 2.75) is 6.92 Å². The second-order valence-corrected chi connectivity index (χ2v) is 2.37. The van der Waals surface area contributed by atoms with E-state index in [-0.39, 0.29) is 0 Å². The van der Waals surface area contributed by atoms with E-state index in [0.717, 1.165) is 0 Å².